The Morgan fingerprint density at radius 2 is 2.15 bits per heavy atom. The molecule has 1 aliphatic rings. The van der Waals surface area contributed by atoms with Crippen LogP contribution >= 0.6 is 15.9 Å². The number of hydrogen-bond donors (Lipinski definition) is 1. The molecule has 3 nitrogen and oxygen atoms in total. The summed E-state index contributed by atoms with van der Waals surface area (Å²) in [5, 5.41) is 8.01. The Morgan fingerprint density at radius 3 is 2.70 bits per heavy atom. The number of nitrogens with one attached hydrogen (secondary N) is 1. The molecule has 1 fully saturated rings. The van der Waals surface area contributed by atoms with Gasteiger partial charge in [0.05, 0.1) is 5.69 Å². The molecule has 0 radical (unpaired) electrons. The highest BCUT2D eigenvalue weighted by Crippen LogP contribution is 2.34. The molecular weight excluding hydrogens is 314 g/mol. The average molecular weight is 334 g/mol. The summed E-state index contributed by atoms with van der Waals surface area (Å²) < 4.78 is 3.19. The van der Waals surface area contributed by atoms with E-state index in [2.05, 4.69) is 70.6 Å². The zero-order chi connectivity index (χ0) is 14.2. The number of nitrogens with zero attached hydrogens (tertiary/aromatic N) is 2. The number of benzene rings is 1. The first-order valence-corrected chi connectivity index (χ1v) is 7.91. The zero-order valence-electron chi connectivity index (χ0n) is 12.0. The zero-order valence-corrected chi connectivity index (χ0v) is 13.6. The van der Waals surface area contributed by atoms with Crippen LogP contribution in [0, 0.1) is 0 Å². The lowest BCUT2D eigenvalue weighted by atomic mass is 9.72. The highest BCUT2D eigenvalue weighted by Gasteiger charge is 2.39. The molecule has 20 heavy (non-hydrogen) atoms. The van der Waals surface area contributed by atoms with Crippen LogP contribution in [0.15, 0.2) is 34.8 Å². The van der Waals surface area contributed by atoms with Gasteiger partial charge in [0.1, 0.15) is 0 Å². The second kappa shape index (κ2) is 5.34. The third-order valence-electron chi connectivity index (χ3n) is 4.27. The van der Waals surface area contributed by atoms with E-state index in [9.17, 15) is 0 Å². The molecule has 2 heterocycles. The van der Waals surface area contributed by atoms with Gasteiger partial charge < -0.3 is 5.32 Å². The van der Waals surface area contributed by atoms with Crippen molar-refractivity contribution in [1.29, 1.82) is 0 Å². The van der Waals surface area contributed by atoms with Crippen molar-refractivity contribution in [2.45, 2.75) is 25.2 Å². The summed E-state index contributed by atoms with van der Waals surface area (Å²) in [5.41, 5.74) is 4.12. The Bertz CT molecular complexity index is 614. The summed E-state index contributed by atoms with van der Waals surface area (Å²) in [6.07, 6.45) is 2.04. The molecule has 0 saturated carbocycles. The maximum atomic E-state index is 4.57. The summed E-state index contributed by atoms with van der Waals surface area (Å²) >= 11 is 3.59. The lowest BCUT2D eigenvalue weighted by molar-refractivity contribution is 0.269. The predicted molar refractivity (Wildman–Crippen MR) is 85.0 cm³/mol. The van der Waals surface area contributed by atoms with Gasteiger partial charge in [-0.05, 0) is 30.2 Å². The molecule has 0 spiro atoms. The van der Waals surface area contributed by atoms with Crippen molar-refractivity contribution < 1.29 is 0 Å². The number of hydrogen-bond acceptors (Lipinski definition) is 2. The highest BCUT2D eigenvalue weighted by atomic mass is 79.9. The third-order valence-corrected chi connectivity index (χ3v) is 4.77. The van der Waals surface area contributed by atoms with Gasteiger partial charge in [0.2, 0.25) is 0 Å². The van der Waals surface area contributed by atoms with E-state index in [4.69, 9.17) is 0 Å². The average Bonchev–Trinajstić information content (AvgIpc) is 2.74. The van der Waals surface area contributed by atoms with E-state index in [1.807, 2.05) is 4.68 Å². The Kier molecular flexibility index (Phi) is 3.69. The van der Waals surface area contributed by atoms with E-state index in [-0.39, 0.29) is 5.41 Å². The van der Waals surface area contributed by atoms with E-state index in [0.29, 0.717) is 0 Å². The van der Waals surface area contributed by atoms with Gasteiger partial charge in [-0.2, -0.15) is 5.10 Å². The first-order valence-electron chi connectivity index (χ1n) is 7.11. The maximum absolute atomic E-state index is 4.57. The number of rotatable bonds is 4. The Labute approximate surface area is 128 Å². The van der Waals surface area contributed by atoms with E-state index in [1.165, 1.54) is 17.0 Å². The number of aryl methyl sites for hydroxylation is 2. The first kappa shape index (κ1) is 13.8. The second-order valence-corrected chi connectivity index (χ2v) is 6.59. The fourth-order valence-corrected chi connectivity index (χ4v) is 3.33. The smallest absolute Gasteiger partial charge is 0.0624 e. The molecule has 0 amide bonds. The van der Waals surface area contributed by atoms with Crippen LogP contribution in [0.25, 0.3) is 0 Å². The molecule has 2 aromatic rings. The normalized spacial score (nSPS) is 16.9. The second-order valence-electron chi connectivity index (χ2n) is 5.68. The monoisotopic (exact) mass is 333 g/mol. The van der Waals surface area contributed by atoms with Gasteiger partial charge in [0, 0.05) is 42.1 Å². The van der Waals surface area contributed by atoms with Crippen LogP contribution in [-0.4, -0.2) is 22.9 Å². The Balaban J connectivity index is 1.91. The predicted octanol–water partition coefficient (Wildman–Crippen LogP) is 2.83. The third kappa shape index (κ3) is 2.42. The van der Waals surface area contributed by atoms with Crippen LogP contribution in [-0.2, 0) is 25.3 Å². The quantitative estimate of drug-likeness (QED) is 0.932. The van der Waals surface area contributed by atoms with Crippen LogP contribution in [0.1, 0.15) is 23.9 Å². The standard InChI is InChI=1S/C16H20BrN3/c1-3-14-8-15(20(2)19-14)9-16(10-18-11-16)12-5-4-6-13(17)7-12/h4-8,18H,3,9-11H2,1-2H3. The van der Waals surface area contributed by atoms with Crippen molar-refractivity contribution in [2.75, 3.05) is 13.1 Å². The van der Waals surface area contributed by atoms with E-state index in [0.717, 1.165) is 30.4 Å². The minimum Gasteiger partial charge on any atom is -0.315 e. The van der Waals surface area contributed by atoms with Gasteiger partial charge in [0.15, 0.2) is 0 Å². The van der Waals surface area contributed by atoms with Gasteiger partial charge >= 0.3 is 0 Å². The lowest BCUT2D eigenvalue weighted by Crippen LogP contribution is -2.58. The van der Waals surface area contributed by atoms with Crippen molar-refractivity contribution in [2.24, 2.45) is 7.05 Å². The van der Waals surface area contributed by atoms with Crippen LogP contribution in [0.2, 0.25) is 0 Å². The van der Waals surface area contributed by atoms with Gasteiger partial charge in [-0.1, -0.05) is 35.0 Å². The molecule has 0 atom stereocenters. The van der Waals surface area contributed by atoms with E-state index in [1.54, 1.807) is 0 Å². The Hall–Kier alpha value is -1.13. The molecule has 0 unspecified atom stereocenters. The minimum atomic E-state index is 0.211. The van der Waals surface area contributed by atoms with Crippen LogP contribution in [0.3, 0.4) is 0 Å². The van der Waals surface area contributed by atoms with Crippen LogP contribution in [0.5, 0.6) is 0 Å². The van der Waals surface area contributed by atoms with Crippen molar-refractivity contribution in [3.63, 3.8) is 0 Å². The van der Waals surface area contributed by atoms with E-state index >= 15 is 0 Å². The molecule has 0 bridgehead atoms. The van der Waals surface area contributed by atoms with Crippen molar-refractivity contribution in [3.8, 4) is 0 Å². The van der Waals surface area contributed by atoms with E-state index < -0.39 is 0 Å². The van der Waals surface area contributed by atoms with Gasteiger partial charge in [-0.3, -0.25) is 4.68 Å². The highest BCUT2D eigenvalue weighted by molar-refractivity contribution is 9.10. The minimum absolute atomic E-state index is 0.211. The van der Waals surface area contributed by atoms with Crippen molar-refractivity contribution in [1.82, 2.24) is 15.1 Å². The molecule has 1 aromatic heterocycles. The summed E-state index contributed by atoms with van der Waals surface area (Å²) in [6.45, 7) is 4.23. The van der Waals surface area contributed by atoms with Gasteiger partial charge in [-0.25, -0.2) is 0 Å². The molecule has 0 aliphatic carbocycles. The Morgan fingerprint density at radius 1 is 1.35 bits per heavy atom. The van der Waals surface area contributed by atoms with Gasteiger partial charge in [0.25, 0.3) is 0 Å². The summed E-state index contributed by atoms with van der Waals surface area (Å²) in [5.74, 6) is 0. The largest absolute Gasteiger partial charge is 0.315 e. The summed E-state index contributed by atoms with van der Waals surface area (Å²) in [6, 6.07) is 10.9. The van der Waals surface area contributed by atoms with Crippen LogP contribution < -0.4 is 5.32 Å². The molecule has 1 aromatic carbocycles. The molecule has 4 heteroatoms. The number of halogens is 1. The molecule has 106 valence electrons. The molecule has 1 N–H and O–H groups in total. The first-order chi connectivity index (χ1) is 9.63. The van der Waals surface area contributed by atoms with Crippen LogP contribution in [0.4, 0.5) is 0 Å². The lowest BCUT2D eigenvalue weighted by Gasteiger charge is -2.43. The van der Waals surface area contributed by atoms with Gasteiger partial charge in [-0.15, -0.1) is 0 Å². The molecular formula is C16H20BrN3. The molecule has 1 aliphatic heterocycles. The fraction of sp³-hybridized carbons (Fsp3) is 0.438. The fourth-order valence-electron chi connectivity index (χ4n) is 2.93. The van der Waals surface area contributed by atoms with Crippen molar-refractivity contribution in [3.05, 3.63) is 51.8 Å². The topological polar surface area (TPSA) is 29.9 Å². The molecule has 3 rings (SSSR count). The SMILES string of the molecule is CCc1cc(CC2(c3cccc(Br)c3)CNC2)n(C)n1. The summed E-state index contributed by atoms with van der Waals surface area (Å²) in [7, 11) is 2.05. The van der Waals surface area contributed by atoms with Crippen molar-refractivity contribution >= 4 is 15.9 Å². The molecule has 1 saturated heterocycles. The summed E-state index contributed by atoms with van der Waals surface area (Å²) in [4.78, 5) is 0. The number of aromatic nitrogens is 2. The maximum Gasteiger partial charge on any atom is 0.0624 e.